The van der Waals surface area contributed by atoms with Gasteiger partial charge in [0, 0.05) is 25.5 Å². The van der Waals surface area contributed by atoms with Gasteiger partial charge in [-0.1, -0.05) is 83.4 Å². The monoisotopic (exact) mass is 434 g/mol. The number of aliphatic imine (C=N–C) groups is 1. The van der Waals surface area contributed by atoms with Crippen molar-refractivity contribution < 1.29 is 0 Å². The van der Waals surface area contributed by atoms with Crippen LogP contribution in [-0.2, 0) is 0 Å². The molecule has 0 saturated heterocycles. The molecule has 3 N–H and O–H groups in total. The third-order valence-electron chi connectivity index (χ3n) is 4.58. The van der Waals surface area contributed by atoms with Crippen LogP contribution in [0.5, 0.6) is 0 Å². The van der Waals surface area contributed by atoms with Crippen molar-refractivity contribution in [3.8, 4) is 0 Å². The maximum Gasteiger partial charge on any atom is 0.126 e. The van der Waals surface area contributed by atoms with Gasteiger partial charge in [-0.15, -0.1) is 0 Å². The molecule has 0 aromatic heterocycles. The van der Waals surface area contributed by atoms with E-state index in [-0.39, 0.29) is 5.41 Å². The van der Waals surface area contributed by atoms with Gasteiger partial charge in [-0.25, -0.2) is 0 Å². The van der Waals surface area contributed by atoms with Gasteiger partial charge in [-0.2, -0.15) is 0 Å². The average Bonchev–Trinajstić information content (AvgIpc) is 2.76. The molecule has 0 spiro atoms. The standard InChI is InChI=1S/C18H28N4.C10H14/c1-13(18(3,4)5)12-17(20-7)22-14(2)21-16-10-8-15(19-6)9-11-16;1-4-6-7-8-9-10(3)5-2/h8-12,19,21H,2H2,1,3-7H3,(H,20,22);5-9H,2-4H2,1H3/b13-12+;7-6-,9-8-. The Kier molecular flexibility index (Phi) is 13.9. The molecule has 0 aliphatic rings. The molecule has 0 heterocycles. The predicted octanol–water partition coefficient (Wildman–Crippen LogP) is 7.47. The van der Waals surface area contributed by atoms with E-state index < -0.39 is 0 Å². The van der Waals surface area contributed by atoms with Gasteiger partial charge in [0.25, 0.3) is 0 Å². The summed E-state index contributed by atoms with van der Waals surface area (Å²) >= 11 is 0. The minimum Gasteiger partial charge on any atom is -0.388 e. The highest BCUT2D eigenvalue weighted by Crippen LogP contribution is 2.24. The summed E-state index contributed by atoms with van der Waals surface area (Å²) in [5.41, 5.74) is 4.37. The second kappa shape index (κ2) is 15.5. The summed E-state index contributed by atoms with van der Waals surface area (Å²) in [5, 5.41) is 9.52. The van der Waals surface area contributed by atoms with Gasteiger partial charge in [0.1, 0.15) is 11.7 Å². The van der Waals surface area contributed by atoms with E-state index in [1.54, 1.807) is 13.1 Å². The summed E-state index contributed by atoms with van der Waals surface area (Å²) in [5.74, 6) is 1.48. The van der Waals surface area contributed by atoms with E-state index in [1.165, 1.54) is 5.57 Å². The number of benzene rings is 1. The highest BCUT2D eigenvalue weighted by atomic mass is 15.1. The Morgan fingerprint density at radius 1 is 1.06 bits per heavy atom. The van der Waals surface area contributed by atoms with Crippen LogP contribution in [-0.4, -0.2) is 19.9 Å². The maximum atomic E-state index is 4.27. The normalized spacial score (nSPS) is 12.2. The summed E-state index contributed by atoms with van der Waals surface area (Å²) in [6.07, 6.45) is 12.9. The van der Waals surface area contributed by atoms with Crippen molar-refractivity contribution in [3.05, 3.63) is 97.4 Å². The van der Waals surface area contributed by atoms with E-state index in [0.29, 0.717) is 5.82 Å². The van der Waals surface area contributed by atoms with E-state index in [0.717, 1.165) is 29.2 Å². The number of allylic oxidation sites excluding steroid dienone is 7. The van der Waals surface area contributed by atoms with Gasteiger partial charge >= 0.3 is 0 Å². The molecule has 0 radical (unpaired) electrons. The Balaban J connectivity index is 0.000000809. The van der Waals surface area contributed by atoms with Crippen LogP contribution >= 0.6 is 0 Å². The molecule has 0 amide bonds. The zero-order chi connectivity index (χ0) is 24.6. The minimum atomic E-state index is 0.120. The lowest BCUT2D eigenvalue weighted by atomic mass is 9.87. The van der Waals surface area contributed by atoms with Crippen molar-refractivity contribution >= 4 is 17.2 Å². The van der Waals surface area contributed by atoms with Crippen molar-refractivity contribution in [1.82, 2.24) is 5.32 Å². The fourth-order valence-electron chi connectivity index (χ4n) is 2.12. The number of amidine groups is 1. The van der Waals surface area contributed by atoms with Crippen LogP contribution in [0.1, 0.15) is 41.0 Å². The Morgan fingerprint density at radius 3 is 2.12 bits per heavy atom. The van der Waals surface area contributed by atoms with E-state index in [1.807, 2.05) is 49.5 Å². The van der Waals surface area contributed by atoms with Crippen molar-refractivity contribution in [2.45, 2.75) is 41.0 Å². The summed E-state index contributed by atoms with van der Waals surface area (Å²) in [6, 6.07) is 8.01. The van der Waals surface area contributed by atoms with Crippen LogP contribution in [0.3, 0.4) is 0 Å². The number of hydrogen-bond acceptors (Lipinski definition) is 3. The third-order valence-corrected chi connectivity index (χ3v) is 4.58. The SMILES string of the molecule is C=C(NC(/C=C(\C)C(C)(C)C)=NC)Nc1ccc(NC)cc1.C=CC(=C)/C=C\C=C/CC. The van der Waals surface area contributed by atoms with Crippen LogP contribution in [0.15, 0.2) is 102 Å². The molecular formula is C28H42N4. The minimum absolute atomic E-state index is 0.120. The first-order valence-electron chi connectivity index (χ1n) is 10.9. The van der Waals surface area contributed by atoms with Crippen LogP contribution in [0.2, 0.25) is 0 Å². The smallest absolute Gasteiger partial charge is 0.126 e. The zero-order valence-corrected chi connectivity index (χ0v) is 21.0. The van der Waals surface area contributed by atoms with E-state index >= 15 is 0 Å². The molecule has 1 aromatic rings. The largest absolute Gasteiger partial charge is 0.388 e. The summed E-state index contributed by atoms with van der Waals surface area (Å²) in [7, 11) is 3.67. The fourth-order valence-corrected chi connectivity index (χ4v) is 2.12. The Morgan fingerprint density at radius 2 is 1.66 bits per heavy atom. The predicted molar refractivity (Wildman–Crippen MR) is 146 cm³/mol. The van der Waals surface area contributed by atoms with Gasteiger partial charge < -0.3 is 16.0 Å². The Hall–Kier alpha value is -3.27. The average molecular weight is 435 g/mol. The molecule has 0 unspecified atom stereocenters. The van der Waals surface area contributed by atoms with Crippen molar-refractivity contribution in [2.75, 3.05) is 24.7 Å². The lowest BCUT2D eigenvalue weighted by molar-refractivity contribution is 0.504. The molecular weight excluding hydrogens is 392 g/mol. The molecule has 4 heteroatoms. The first-order chi connectivity index (χ1) is 15.1. The van der Waals surface area contributed by atoms with Gasteiger partial charge in [-0.3, -0.25) is 4.99 Å². The van der Waals surface area contributed by atoms with Crippen molar-refractivity contribution in [1.29, 1.82) is 0 Å². The summed E-state index contributed by atoms with van der Waals surface area (Å²) in [4.78, 5) is 4.27. The highest BCUT2D eigenvalue weighted by molar-refractivity contribution is 5.95. The lowest BCUT2D eigenvalue weighted by Gasteiger charge is -2.20. The number of nitrogens with one attached hydrogen (secondary N) is 3. The van der Waals surface area contributed by atoms with E-state index in [9.17, 15) is 0 Å². The fraction of sp³-hybridized carbons (Fsp3) is 0.321. The topological polar surface area (TPSA) is 48.5 Å². The molecule has 1 aromatic carbocycles. The van der Waals surface area contributed by atoms with Gasteiger partial charge in [0.2, 0.25) is 0 Å². The lowest BCUT2D eigenvalue weighted by Crippen LogP contribution is -2.25. The first kappa shape index (κ1) is 28.7. The molecule has 32 heavy (non-hydrogen) atoms. The van der Waals surface area contributed by atoms with Gasteiger partial charge in [0.05, 0.1) is 0 Å². The molecule has 0 fully saturated rings. The van der Waals surface area contributed by atoms with Gasteiger partial charge in [-0.05, 0) is 54.7 Å². The van der Waals surface area contributed by atoms with Gasteiger partial charge in [0.15, 0.2) is 0 Å². The molecule has 0 bridgehead atoms. The second-order valence-corrected chi connectivity index (χ2v) is 8.22. The quantitative estimate of drug-likeness (QED) is 0.214. The zero-order valence-electron chi connectivity index (χ0n) is 21.0. The maximum absolute atomic E-state index is 4.27. The van der Waals surface area contributed by atoms with Crippen molar-refractivity contribution in [3.63, 3.8) is 0 Å². The van der Waals surface area contributed by atoms with Crippen LogP contribution in [0.4, 0.5) is 11.4 Å². The summed E-state index contributed by atoms with van der Waals surface area (Å²) < 4.78 is 0. The Bertz CT molecular complexity index is 844. The van der Waals surface area contributed by atoms with Crippen LogP contribution in [0.25, 0.3) is 0 Å². The number of hydrogen-bond donors (Lipinski definition) is 3. The first-order valence-corrected chi connectivity index (χ1v) is 10.9. The molecule has 0 atom stereocenters. The Labute approximate surface area is 196 Å². The second-order valence-electron chi connectivity index (χ2n) is 8.22. The van der Waals surface area contributed by atoms with E-state index in [2.05, 4.69) is 87.5 Å². The highest BCUT2D eigenvalue weighted by Gasteiger charge is 2.13. The van der Waals surface area contributed by atoms with E-state index in [4.69, 9.17) is 0 Å². The molecule has 0 aliphatic heterocycles. The van der Waals surface area contributed by atoms with Crippen LogP contribution in [0, 0.1) is 5.41 Å². The number of nitrogens with zero attached hydrogens (tertiary/aromatic N) is 1. The molecule has 174 valence electrons. The molecule has 0 saturated carbocycles. The summed E-state index contributed by atoms with van der Waals surface area (Å²) in [6.45, 7) is 22.1. The molecule has 1 rings (SSSR count). The number of rotatable bonds is 9. The number of anilines is 2. The molecule has 0 aliphatic carbocycles. The van der Waals surface area contributed by atoms with Crippen LogP contribution < -0.4 is 16.0 Å². The molecule has 4 nitrogen and oxygen atoms in total. The van der Waals surface area contributed by atoms with Crippen molar-refractivity contribution in [2.24, 2.45) is 10.4 Å². The third kappa shape index (κ3) is 13.1.